The molecule has 1 aliphatic heterocycles. The Morgan fingerprint density at radius 3 is 3.00 bits per heavy atom. The first-order valence-corrected chi connectivity index (χ1v) is 9.82. The maximum absolute atomic E-state index is 11.7. The van der Waals surface area contributed by atoms with Gasteiger partial charge in [0.1, 0.15) is 5.75 Å². The second-order valence-electron chi connectivity index (χ2n) is 6.32. The molecule has 1 unspecified atom stereocenters. The van der Waals surface area contributed by atoms with Crippen LogP contribution in [-0.4, -0.2) is 49.1 Å². The first kappa shape index (κ1) is 18.8. The number of hydrogen-bond donors (Lipinski definition) is 1. The van der Waals surface area contributed by atoms with Crippen molar-refractivity contribution < 1.29 is 9.53 Å². The van der Waals surface area contributed by atoms with Gasteiger partial charge in [0.05, 0.1) is 18.8 Å². The van der Waals surface area contributed by atoms with Crippen molar-refractivity contribution in [3.63, 3.8) is 0 Å². The highest BCUT2D eigenvalue weighted by atomic mass is 32.1. The van der Waals surface area contributed by atoms with Crippen molar-refractivity contribution in [2.75, 3.05) is 38.2 Å². The van der Waals surface area contributed by atoms with Gasteiger partial charge in [-0.05, 0) is 13.0 Å². The summed E-state index contributed by atoms with van der Waals surface area (Å²) >= 11 is 1.53. The van der Waals surface area contributed by atoms with Gasteiger partial charge in [0, 0.05) is 50.6 Å². The van der Waals surface area contributed by atoms with Crippen molar-refractivity contribution in [2.24, 2.45) is 0 Å². The van der Waals surface area contributed by atoms with Gasteiger partial charge in [-0.25, -0.2) is 4.98 Å². The summed E-state index contributed by atoms with van der Waals surface area (Å²) in [5.74, 6) is 0.946. The van der Waals surface area contributed by atoms with Gasteiger partial charge in [-0.2, -0.15) is 0 Å². The molecule has 0 spiro atoms. The average Bonchev–Trinajstić information content (AvgIpc) is 3.10. The van der Waals surface area contributed by atoms with Gasteiger partial charge in [0.15, 0.2) is 5.13 Å². The lowest BCUT2D eigenvalue weighted by atomic mass is 10.0. The molecule has 1 fully saturated rings. The third-order valence-electron chi connectivity index (χ3n) is 4.68. The van der Waals surface area contributed by atoms with Crippen molar-refractivity contribution >= 4 is 22.4 Å². The summed E-state index contributed by atoms with van der Waals surface area (Å²) in [6.07, 6.45) is 0. The van der Waals surface area contributed by atoms with E-state index in [9.17, 15) is 4.79 Å². The fourth-order valence-corrected chi connectivity index (χ4v) is 4.30. The number of anilines is 1. The third kappa shape index (κ3) is 4.06. The van der Waals surface area contributed by atoms with E-state index in [0.29, 0.717) is 6.54 Å². The topological polar surface area (TPSA) is 57.7 Å². The van der Waals surface area contributed by atoms with Gasteiger partial charge in [0.25, 0.3) is 0 Å². The number of piperazine rings is 1. The summed E-state index contributed by atoms with van der Waals surface area (Å²) in [6, 6.07) is 8.42. The number of aromatic nitrogens is 1. The molecular weight excluding hydrogens is 348 g/mol. The van der Waals surface area contributed by atoms with Crippen LogP contribution in [0.2, 0.25) is 0 Å². The van der Waals surface area contributed by atoms with Crippen molar-refractivity contribution in [2.45, 2.75) is 26.4 Å². The SMILES string of the molecule is CCN(C(C)=O)c1nc(CN2CCNCC2c2ccccc2OC)cs1. The standard InChI is InChI=1S/C19H26N4O2S/c1-4-23(14(2)24)19-21-15(13-26-19)12-22-10-9-20-11-17(22)16-7-5-6-8-18(16)25-3/h5-8,13,17,20H,4,9-12H2,1-3H3. The Bertz CT molecular complexity index is 749. The van der Waals surface area contributed by atoms with Gasteiger partial charge in [0.2, 0.25) is 5.91 Å². The summed E-state index contributed by atoms with van der Waals surface area (Å²) in [7, 11) is 1.72. The molecule has 1 N–H and O–H groups in total. The Morgan fingerprint density at radius 2 is 2.27 bits per heavy atom. The minimum absolute atomic E-state index is 0.0301. The average molecular weight is 375 g/mol. The van der Waals surface area contributed by atoms with Crippen molar-refractivity contribution in [1.29, 1.82) is 0 Å². The summed E-state index contributed by atoms with van der Waals surface area (Å²) in [5, 5.41) is 6.31. The Hall–Kier alpha value is -1.96. The van der Waals surface area contributed by atoms with Crippen LogP contribution in [-0.2, 0) is 11.3 Å². The molecule has 3 rings (SSSR count). The number of ether oxygens (including phenoxy) is 1. The van der Waals surface area contributed by atoms with Gasteiger partial charge in [-0.3, -0.25) is 14.6 Å². The lowest BCUT2D eigenvalue weighted by Gasteiger charge is -2.36. The van der Waals surface area contributed by atoms with E-state index in [1.807, 2.05) is 19.1 Å². The molecule has 1 aliphatic rings. The molecule has 1 saturated heterocycles. The normalized spacial score (nSPS) is 17.9. The van der Waals surface area contributed by atoms with Crippen LogP contribution in [0.1, 0.15) is 31.1 Å². The predicted octanol–water partition coefficient (Wildman–Crippen LogP) is 2.67. The molecule has 0 bridgehead atoms. The number of para-hydroxylation sites is 1. The fourth-order valence-electron chi connectivity index (χ4n) is 3.38. The highest BCUT2D eigenvalue weighted by Gasteiger charge is 2.27. The van der Waals surface area contributed by atoms with Crippen LogP contribution in [0.3, 0.4) is 0 Å². The van der Waals surface area contributed by atoms with E-state index in [-0.39, 0.29) is 11.9 Å². The number of nitrogens with one attached hydrogen (secondary N) is 1. The molecule has 1 aromatic heterocycles. The van der Waals surface area contributed by atoms with E-state index in [0.717, 1.165) is 42.8 Å². The van der Waals surface area contributed by atoms with Crippen molar-refractivity contribution in [1.82, 2.24) is 15.2 Å². The highest BCUT2D eigenvalue weighted by Crippen LogP contribution is 2.31. The Labute approximate surface area is 158 Å². The molecule has 0 radical (unpaired) electrons. The quantitative estimate of drug-likeness (QED) is 0.842. The summed E-state index contributed by atoms with van der Waals surface area (Å²) in [6.45, 7) is 7.73. The van der Waals surface area contributed by atoms with E-state index in [1.165, 1.54) is 16.9 Å². The highest BCUT2D eigenvalue weighted by molar-refractivity contribution is 7.14. The van der Waals surface area contributed by atoms with Crippen LogP contribution in [0, 0.1) is 0 Å². The molecule has 0 saturated carbocycles. The van der Waals surface area contributed by atoms with Gasteiger partial charge in [-0.15, -0.1) is 11.3 Å². The molecule has 1 aromatic carbocycles. The number of nitrogens with zero attached hydrogens (tertiary/aromatic N) is 3. The monoisotopic (exact) mass is 374 g/mol. The summed E-state index contributed by atoms with van der Waals surface area (Å²) in [5.41, 5.74) is 2.20. The predicted molar refractivity (Wildman–Crippen MR) is 105 cm³/mol. The van der Waals surface area contributed by atoms with Crippen molar-refractivity contribution in [3.05, 3.63) is 40.9 Å². The Kier molecular flexibility index (Phi) is 6.24. The molecule has 140 valence electrons. The largest absolute Gasteiger partial charge is 0.496 e. The zero-order valence-corrected chi connectivity index (χ0v) is 16.4. The second kappa shape index (κ2) is 8.62. The minimum atomic E-state index is 0.0301. The molecule has 2 aromatic rings. The Balaban J connectivity index is 1.79. The van der Waals surface area contributed by atoms with Crippen molar-refractivity contribution in [3.8, 4) is 5.75 Å². The van der Waals surface area contributed by atoms with Gasteiger partial charge >= 0.3 is 0 Å². The molecule has 6 nitrogen and oxygen atoms in total. The molecule has 7 heteroatoms. The number of rotatable bonds is 6. The van der Waals surface area contributed by atoms with Crippen LogP contribution in [0.5, 0.6) is 5.75 Å². The second-order valence-corrected chi connectivity index (χ2v) is 7.15. The number of hydrogen-bond acceptors (Lipinski definition) is 6. The molecule has 2 heterocycles. The number of carbonyl (C=O) groups excluding carboxylic acids is 1. The maximum atomic E-state index is 11.7. The summed E-state index contributed by atoms with van der Waals surface area (Å²) in [4.78, 5) is 20.6. The van der Waals surface area contributed by atoms with Gasteiger partial charge in [-0.1, -0.05) is 18.2 Å². The lowest BCUT2D eigenvalue weighted by molar-refractivity contribution is -0.116. The molecular formula is C19H26N4O2S. The van der Waals surface area contributed by atoms with E-state index >= 15 is 0 Å². The number of amides is 1. The summed E-state index contributed by atoms with van der Waals surface area (Å²) < 4.78 is 5.56. The molecule has 0 aliphatic carbocycles. The zero-order valence-electron chi connectivity index (χ0n) is 15.6. The van der Waals surface area contributed by atoms with E-state index in [2.05, 4.69) is 27.7 Å². The Morgan fingerprint density at radius 1 is 1.46 bits per heavy atom. The zero-order chi connectivity index (χ0) is 18.5. The number of benzene rings is 1. The van der Waals surface area contributed by atoms with Gasteiger partial charge < -0.3 is 10.1 Å². The van der Waals surface area contributed by atoms with Crippen LogP contribution in [0.25, 0.3) is 0 Å². The van der Waals surface area contributed by atoms with Crippen LogP contribution in [0.15, 0.2) is 29.6 Å². The maximum Gasteiger partial charge on any atom is 0.225 e. The van der Waals surface area contributed by atoms with Crippen LogP contribution in [0.4, 0.5) is 5.13 Å². The fraction of sp³-hybridized carbons (Fsp3) is 0.474. The lowest BCUT2D eigenvalue weighted by Crippen LogP contribution is -2.45. The smallest absolute Gasteiger partial charge is 0.225 e. The minimum Gasteiger partial charge on any atom is -0.496 e. The third-order valence-corrected chi connectivity index (χ3v) is 5.60. The molecule has 26 heavy (non-hydrogen) atoms. The van der Waals surface area contributed by atoms with E-state index in [4.69, 9.17) is 9.72 Å². The van der Waals surface area contributed by atoms with E-state index < -0.39 is 0 Å². The number of thiazole rings is 1. The molecule has 1 amide bonds. The van der Waals surface area contributed by atoms with Crippen LogP contribution >= 0.6 is 11.3 Å². The number of methoxy groups -OCH3 is 1. The van der Waals surface area contributed by atoms with Crippen LogP contribution < -0.4 is 15.0 Å². The van der Waals surface area contributed by atoms with E-state index in [1.54, 1.807) is 18.9 Å². The number of carbonyl (C=O) groups is 1. The molecule has 1 atom stereocenters. The first-order valence-electron chi connectivity index (χ1n) is 8.94. The first-order chi connectivity index (χ1) is 12.6.